The fourth-order valence-electron chi connectivity index (χ4n) is 5.98. The smallest absolute Gasteiger partial charge is 0.350 e. The van der Waals surface area contributed by atoms with Crippen LogP contribution in [0.15, 0.2) is 59.4 Å². The minimum absolute atomic E-state index is 0.0773. The van der Waals surface area contributed by atoms with Gasteiger partial charge in [0.1, 0.15) is 35.4 Å². The Hall–Kier alpha value is -4.67. The molecule has 51 heavy (non-hydrogen) atoms. The summed E-state index contributed by atoms with van der Waals surface area (Å²) in [5.74, 6) is 4.90. The Morgan fingerprint density at radius 2 is 1.78 bits per heavy atom. The number of hydrogen-bond donors (Lipinski definition) is 1. The van der Waals surface area contributed by atoms with Crippen molar-refractivity contribution in [1.82, 2.24) is 19.4 Å². The fourth-order valence-corrected chi connectivity index (χ4v) is 6.50. The van der Waals surface area contributed by atoms with E-state index in [0.717, 1.165) is 47.9 Å². The Morgan fingerprint density at radius 3 is 2.45 bits per heavy atom. The average Bonchev–Trinajstić information content (AvgIpc) is 3.43. The van der Waals surface area contributed by atoms with Crippen molar-refractivity contribution >= 4 is 34.9 Å². The number of nitrogens with one attached hydrogen (secondary N) is 1. The summed E-state index contributed by atoms with van der Waals surface area (Å²) >= 11 is 12.3. The molecule has 1 unspecified atom stereocenters. The first kappa shape index (κ1) is 37.6. The number of urea groups is 1. The first-order chi connectivity index (χ1) is 24.3. The molecule has 0 saturated carbocycles. The van der Waals surface area contributed by atoms with Gasteiger partial charge in [0.15, 0.2) is 0 Å². The van der Waals surface area contributed by atoms with Crippen molar-refractivity contribution in [2.24, 2.45) is 0 Å². The molecule has 0 fully saturated rings. The number of carbonyl (C=O) groups excluding carboxylic acids is 1. The van der Waals surface area contributed by atoms with E-state index in [0.29, 0.717) is 45.2 Å². The molecule has 3 aromatic carbocycles. The summed E-state index contributed by atoms with van der Waals surface area (Å²) in [6.45, 7) is 7.06. The Bertz CT molecular complexity index is 1990. The van der Waals surface area contributed by atoms with Crippen LogP contribution in [-0.2, 0) is 28.0 Å². The quantitative estimate of drug-likeness (QED) is 0.145. The molecule has 1 aromatic heterocycles. The lowest BCUT2D eigenvalue weighted by Crippen LogP contribution is -2.45. The summed E-state index contributed by atoms with van der Waals surface area (Å²) in [6, 6.07) is 15.7. The minimum Gasteiger partial charge on any atom is -0.479 e. The number of rotatable bonds is 8. The number of carbonyl (C=O) groups is 1. The molecule has 12 nitrogen and oxygen atoms in total. The van der Waals surface area contributed by atoms with Gasteiger partial charge in [0.05, 0.1) is 22.8 Å². The molecule has 2 aliphatic rings. The van der Waals surface area contributed by atoms with Gasteiger partial charge in [-0.15, -0.1) is 11.5 Å². The van der Waals surface area contributed by atoms with Gasteiger partial charge in [-0.3, -0.25) is 9.40 Å². The zero-order valence-corrected chi connectivity index (χ0v) is 30.9. The molecule has 0 aliphatic carbocycles. The summed E-state index contributed by atoms with van der Waals surface area (Å²) in [5, 5.41) is 8.87. The van der Waals surface area contributed by atoms with Gasteiger partial charge in [-0.25, -0.2) is 14.7 Å². The molecule has 4 aromatic rings. The van der Waals surface area contributed by atoms with Crippen molar-refractivity contribution in [3.63, 3.8) is 0 Å². The van der Waals surface area contributed by atoms with Gasteiger partial charge in [0.25, 0.3) is 0 Å². The molecule has 14 heteroatoms. The predicted molar refractivity (Wildman–Crippen MR) is 196 cm³/mol. The second kappa shape index (κ2) is 15.7. The van der Waals surface area contributed by atoms with Crippen LogP contribution in [-0.4, -0.2) is 59.1 Å². The van der Waals surface area contributed by atoms with E-state index in [4.69, 9.17) is 53.4 Å². The minimum atomic E-state index is -0.676. The summed E-state index contributed by atoms with van der Waals surface area (Å²) < 4.78 is 26.0. The van der Waals surface area contributed by atoms with Crippen LogP contribution < -0.4 is 25.2 Å². The highest BCUT2D eigenvalue weighted by atomic mass is 35.5. The predicted octanol–water partition coefficient (Wildman–Crippen LogP) is 7.62. The van der Waals surface area contributed by atoms with Crippen molar-refractivity contribution in [3.05, 3.63) is 86.5 Å². The second-order valence-corrected chi connectivity index (χ2v) is 13.7. The monoisotopic (exact) mass is 737 g/mol. The molecule has 0 spiro atoms. The van der Waals surface area contributed by atoms with E-state index in [1.807, 2.05) is 25.1 Å². The van der Waals surface area contributed by atoms with Crippen LogP contribution in [0.5, 0.6) is 23.0 Å². The van der Waals surface area contributed by atoms with Crippen LogP contribution in [0.25, 0.3) is 5.69 Å². The zero-order chi connectivity index (χ0) is 36.9. The first-order valence-electron chi connectivity index (χ1n) is 16.3. The first-order valence-corrected chi connectivity index (χ1v) is 17.0. The summed E-state index contributed by atoms with van der Waals surface area (Å²) in [7, 11) is 4.61. The molecule has 1 N–H and O–H groups in total. The van der Waals surface area contributed by atoms with Crippen LogP contribution in [0.2, 0.25) is 10.0 Å². The Balaban J connectivity index is 0.000000205. The number of benzene rings is 3. The van der Waals surface area contributed by atoms with Crippen LogP contribution in [0.3, 0.4) is 0 Å². The molecule has 1 atom stereocenters. The van der Waals surface area contributed by atoms with Gasteiger partial charge >= 0.3 is 11.7 Å². The molecule has 2 aliphatic heterocycles. The van der Waals surface area contributed by atoms with Crippen LogP contribution in [0.4, 0.5) is 10.5 Å². The number of hydrogen-bond acceptors (Lipinski definition) is 8. The molecule has 3 heterocycles. The number of anilines is 1. The molecule has 270 valence electrons. The lowest BCUT2D eigenvalue weighted by atomic mass is 9.76. The maximum Gasteiger partial charge on any atom is 0.350 e. The highest BCUT2D eigenvalue weighted by Gasteiger charge is 2.42. The van der Waals surface area contributed by atoms with Gasteiger partial charge in [0, 0.05) is 63.9 Å². The fraction of sp³-hybridized carbons (Fsp3) is 0.378. The number of amides is 2. The van der Waals surface area contributed by atoms with Crippen molar-refractivity contribution in [2.45, 2.75) is 64.2 Å². The van der Waals surface area contributed by atoms with E-state index in [1.165, 1.54) is 24.9 Å². The van der Waals surface area contributed by atoms with E-state index in [1.54, 1.807) is 42.0 Å². The summed E-state index contributed by atoms with van der Waals surface area (Å²) in [4.78, 5) is 29.1. The summed E-state index contributed by atoms with van der Waals surface area (Å²) in [5.41, 5.74) is 1.91. The van der Waals surface area contributed by atoms with Crippen molar-refractivity contribution in [2.75, 3.05) is 33.2 Å². The molecule has 0 radical (unpaired) electrons. The van der Waals surface area contributed by atoms with Crippen molar-refractivity contribution in [3.8, 4) is 41.0 Å². The Labute approximate surface area is 307 Å². The van der Waals surface area contributed by atoms with E-state index in [-0.39, 0.29) is 23.7 Å². The number of methoxy groups -OCH3 is 1. The van der Waals surface area contributed by atoms with E-state index in [9.17, 15) is 9.59 Å². The molecule has 0 bridgehead atoms. The van der Waals surface area contributed by atoms with Gasteiger partial charge < -0.3 is 24.3 Å². The van der Waals surface area contributed by atoms with Crippen LogP contribution in [0, 0.1) is 12.3 Å². The Kier molecular flexibility index (Phi) is 11.6. The molecular formula is C37H41Cl2N5O7. The van der Waals surface area contributed by atoms with Crippen LogP contribution >= 0.6 is 23.2 Å². The molecule has 2 amide bonds. The third-order valence-corrected chi connectivity index (χ3v) is 9.21. The number of ether oxygens (including phenoxy) is 4. The highest BCUT2D eigenvalue weighted by molar-refractivity contribution is 6.36. The van der Waals surface area contributed by atoms with Gasteiger partial charge in [0.2, 0.25) is 5.79 Å². The lowest BCUT2D eigenvalue weighted by Gasteiger charge is -2.43. The zero-order valence-electron chi connectivity index (χ0n) is 29.4. The number of aryl methyl sites for hydroxylation is 1. The molecular weight excluding hydrogens is 697 g/mol. The number of fused-ring (bicyclic) bond motifs is 2. The second-order valence-electron chi connectivity index (χ2n) is 12.8. The third-order valence-electron chi connectivity index (χ3n) is 8.62. The average molecular weight is 739 g/mol. The van der Waals surface area contributed by atoms with Gasteiger partial charge in [-0.1, -0.05) is 49.0 Å². The van der Waals surface area contributed by atoms with E-state index >= 15 is 0 Å². The number of halogens is 2. The standard InChI is InChI=1S/C22H28N2O5.C15H13Cl2N3O2/c1-21(2)14-22(3,26-5)29-19-13-17(11-12-18(19)21)28-16-9-7-15(8-10-16)23-20(25)24(4)27-6;1-2-7-22-13-9-12(10(16)8-11(13)17)20-15(21)19-6-4-3-5-14(19)18-20/h7-13H,14H2,1-6H3,(H,23,25);1,8-9H,3-7H2. The lowest BCUT2D eigenvalue weighted by molar-refractivity contribution is -0.172. The molecule has 6 rings (SSSR count). The van der Waals surface area contributed by atoms with Crippen molar-refractivity contribution in [1.29, 1.82) is 0 Å². The van der Waals surface area contributed by atoms with E-state index in [2.05, 4.69) is 30.2 Å². The topological polar surface area (TPSA) is 118 Å². The number of terminal acetylenes is 1. The molecule has 0 saturated heterocycles. The largest absolute Gasteiger partial charge is 0.479 e. The normalized spacial score (nSPS) is 17.0. The number of hydroxylamine groups is 2. The third kappa shape index (κ3) is 8.63. The van der Waals surface area contributed by atoms with Crippen LogP contribution in [0.1, 0.15) is 51.4 Å². The van der Waals surface area contributed by atoms with Crippen molar-refractivity contribution < 1.29 is 28.6 Å². The number of nitrogens with zero attached hydrogens (tertiary/aromatic N) is 4. The van der Waals surface area contributed by atoms with E-state index < -0.39 is 5.79 Å². The summed E-state index contributed by atoms with van der Waals surface area (Å²) in [6.07, 6.45) is 8.73. The maximum atomic E-state index is 12.5. The van der Waals surface area contributed by atoms with Gasteiger partial charge in [-0.05, 0) is 54.7 Å². The number of aromatic nitrogens is 3. The van der Waals surface area contributed by atoms with Gasteiger partial charge in [-0.2, -0.15) is 4.68 Å². The SMILES string of the molecule is C#CCOc1cc(-n2nc3n(c2=O)CCCC3)c(Cl)cc1Cl.CON(C)C(=O)Nc1ccc(Oc2ccc3c(c2)OC(C)(OC)CC3(C)C)cc1. The maximum absolute atomic E-state index is 12.5. The Morgan fingerprint density at radius 1 is 1.06 bits per heavy atom. The highest BCUT2D eigenvalue weighted by Crippen LogP contribution is 2.46.